The fraction of sp³-hybridized carbons (Fsp3) is 0.636. The van der Waals surface area contributed by atoms with Crippen molar-refractivity contribution in [2.45, 2.75) is 39.8 Å². The van der Waals surface area contributed by atoms with Gasteiger partial charge in [-0.2, -0.15) is 0 Å². The first kappa shape index (κ1) is 11.3. The second kappa shape index (κ2) is 4.62. The van der Waals surface area contributed by atoms with Crippen LogP contribution < -0.4 is 5.32 Å². The average Bonchev–Trinajstić information content (AvgIpc) is 2.41. The molecule has 1 aromatic heterocycles. The summed E-state index contributed by atoms with van der Waals surface area (Å²) in [6.45, 7) is 8.35. The molecule has 1 heterocycles. The molecule has 0 spiro atoms. The fourth-order valence-corrected chi connectivity index (χ4v) is 1.54. The molecule has 0 aromatic carbocycles. The first-order valence-electron chi connectivity index (χ1n) is 4.99. The van der Waals surface area contributed by atoms with Gasteiger partial charge in [0.25, 0.3) is 0 Å². The van der Waals surface area contributed by atoms with Crippen LogP contribution in [-0.2, 0) is 0 Å². The van der Waals surface area contributed by atoms with Crippen molar-refractivity contribution in [1.82, 2.24) is 5.32 Å². The molecule has 0 saturated heterocycles. The highest BCUT2D eigenvalue weighted by Gasteiger charge is 2.12. The van der Waals surface area contributed by atoms with Crippen LogP contribution in [0.3, 0.4) is 0 Å². The van der Waals surface area contributed by atoms with Gasteiger partial charge in [0.15, 0.2) is 0 Å². The standard InChI is InChI=1S/C11H19NO2/c1-7(13)6-12-9(3)11-5-8(2)14-10(11)4/h5,7,9,12-13H,6H2,1-4H3/t7-,9?/m1/s1. The van der Waals surface area contributed by atoms with E-state index in [4.69, 9.17) is 9.52 Å². The van der Waals surface area contributed by atoms with Crippen LogP contribution in [0, 0.1) is 13.8 Å². The Kier molecular flexibility index (Phi) is 3.72. The predicted molar refractivity (Wildman–Crippen MR) is 56.3 cm³/mol. The summed E-state index contributed by atoms with van der Waals surface area (Å²) in [5.41, 5.74) is 1.17. The van der Waals surface area contributed by atoms with Crippen molar-refractivity contribution in [2.75, 3.05) is 6.54 Å². The third-order valence-electron chi connectivity index (χ3n) is 2.27. The maximum atomic E-state index is 9.14. The lowest BCUT2D eigenvalue weighted by Crippen LogP contribution is -2.27. The SMILES string of the molecule is Cc1cc(C(C)NC[C@@H](C)O)c(C)o1. The number of aliphatic hydroxyl groups is 1. The van der Waals surface area contributed by atoms with Gasteiger partial charge in [-0.3, -0.25) is 0 Å². The smallest absolute Gasteiger partial charge is 0.105 e. The van der Waals surface area contributed by atoms with E-state index < -0.39 is 0 Å². The molecule has 2 atom stereocenters. The summed E-state index contributed by atoms with van der Waals surface area (Å²) in [5, 5.41) is 12.4. The minimum absolute atomic E-state index is 0.224. The van der Waals surface area contributed by atoms with Gasteiger partial charge in [0.05, 0.1) is 6.10 Å². The summed E-state index contributed by atoms with van der Waals surface area (Å²) < 4.78 is 5.44. The Morgan fingerprint density at radius 2 is 2.07 bits per heavy atom. The zero-order chi connectivity index (χ0) is 10.7. The summed E-state index contributed by atoms with van der Waals surface area (Å²) in [6, 6.07) is 2.26. The number of hydrogen-bond acceptors (Lipinski definition) is 3. The quantitative estimate of drug-likeness (QED) is 0.775. The molecule has 0 saturated carbocycles. The zero-order valence-corrected chi connectivity index (χ0v) is 9.29. The monoisotopic (exact) mass is 197 g/mol. The molecule has 0 fully saturated rings. The molecule has 1 rings (SSSR count). The van der Waals surface area contributed by atoms with Crippen LogP contribution in [0.25, 0.3) is 0 Å². The van der Waals surface area contributed by atoms with Crippen LogP contribution in [0.5, 0.6) is 0 Å². The van der Waals surface area contributed by atoms with E-state index in [1.165, 1.54) is 5.56 Å². The van der Waals surface area contributed by atoms with Gasteiger partial charge in [0, 0.05) is 18.2 Å². The number of nitrogens with one attached hydrogen (secondary N) is 1. The lowest BCUT2D eigenvalue weighted by atomic mass is 10.1. The Hall–Kier alpha value is -0.800. The van der Waals surface area contributed by atoms with E-state index in [0.717, 1.165) is 11.5 Å². The number of aliphatic hydroxyl groups excluding tert-OH is 1. The Labute approximate surface area is 85.1 Å². The van der Waals surface area contributed by atoms with Crippen LogP contribution in [0.15, 0.2) is 10.5 Å². The van der Waals surface area contributed by atoms with E-state index >= 15 is 0 Å². The molecule has 3 nitrogen and oxygen atoms in total. The van der Waals surface area contributed by atoms with Crippen LogP contribution >= 0.6 is 0 Å². The third-order valence-corrected chi connectivity index (χ3v) is 2.27. The van der Waals surface area contributed by atoms with Gasteiger partial charge in [0.1, 0.15) is 11.5 Å². The highest BCUT2D eigenvalue weighted by molar-refractivity contribution is 5.23. The summed E-state index contributed by atoms with van der Waals surface area (Å²) in [7, 11) is 0. The normalized spacial score (nSPS) is 15.5. The number of hydrogen-bond donors (Lipinski definition) is 2. The molecule has 0 amide bonds. The van der Waals surface area contributed by atoms with Gasteiger partial charge in [0.2, 0.25) is 0 Å². The van der Waals surface area contributed by atoms with Gasteiger partial charge in [-0.25, -0.2) is 0 Å². The molecule has 0 aliphatic heterocycles. The molecule has 0 aliphatic carbocycles. The van der Waals surface area contributed by atoms with Crippen molar-refractivity contribution in [3.63, 3.8) is 0 Å². The van der Waals surface area contributed by atoms with Gasteiger partial charge in [-0.15, -0.1) is 0 Å². The maximum absolute atomic E-state index is 9.14. The molecule has 1 aromatic rings. The van der Waals surface area contributed by atoms with E-state index in [1.807, 2.05) is 19.9 Å². The van der Waals surface area contributed by atoms with Crippen molar-refractivity contribution in [1.29, 1.82) is 0 Å². The second-order valence-electron chi connectivity index (χ2n) is 3.85. The molecule has 0 aliphatic rings. The van der Waals surface area contributed by atoms with Gasteiger partial charge in [-0.1, -0.05) is 0 Å². The Balaban J connectivity index is 2.60. The predicted octanol–water partition coefficient (Wildman–Crippen LogP) is 1.93. The molecular formula is C11H19NO2. The molecule has 1 unspecified atom stereocenters. The Morgan fingerprint density at radius 3 is 2.50 bits per heavy atom. The summed E-state index contributed by atoms with van der Waals surface area (Å²) in [4.78, 5) is 0. The van der Waals surface area contributed by atoms with Crippen molar-refractivity contribution in [3.05, 3.63) is 23.2 Å². The zero-order valence-electron chi connectivity index (χ0n) is 9.29. The molecule has 0 radical (unpaired) electrons. The Bertz CT molecular complexity index is 291. The number of rotatable bonds is 4. The molecule has 80 valence electrons. The lowest BCUT2D eigenvalue weighted by Gasteiger charge is -2.14. The van der Waals surface area contributed by atoms with Crippen molar-refractivity contribution >= 4 is 0 Å². The van der Waals surface area contributed by atoms with E-state index in [1.54, 1.807) is 6.92 Å². The second-order valence-corrected chi connectivity index (χ2v) is 3.85. The van der Waals surface area contributed by atoms with Gasteiger partial charge >= 0.3 is 0 Å². The van der Waals surface area contributed by atoms with Crippen molar-refractivity contribution in [3.8, 4) is 0 Å². The molecule has 0 bridgehead atoms. The van der Waals surface area contributed by atoms with Crippen LogP contribution in [0.4, 0.5) is 0 Å². The van der Waals surface area contributed by atoms with E-state index in [2.05, 4.69) is 12.2 Å². The minimum Gasteiger partial charge on any atom is -0.466 e. The van der Waals surface area contributed by atoms with Crippen molar-refractivity contribution < 1.29 is 9.52 Å². The molecule has 3 heteroatoms. The largest absolute Gasteiger partial charge is 0.466 e. The lowest BCUT2D eigenvalue weighted by molar-refractivity contribution is 0.187. The highest BCUT2D eigenvalue weighted by atomic mass is 16.3. The summed E-state index contributed by atoms with van der Waals surface area (Å²) >= 11 is 0. The minimum atomic E-state index is -0.314. The van der Waals surface area contributed by atoms with E-state index in [0.29, 0.717) is 6.54 Å². The van der Waals surface area contributed by atoms with Gasteiger partial charge < -0.3 is 14.8 Å². The summed E-state index contributed by atoms with van der Waals surface area (Å²) in [6.07, 6.45) is -0.314. The third kappa shape index (κ3) is 2.86. The van der Waals surface area contributed by atoms with Crippen molar-refractivity contribution in [2.24, 2.45) is 0 Å². The first-order chi connectivity index (χ1) is 6.50. The van der Waals surface area contributed by atoms with E-state index in [-0.39, 0.29) is 12.1 Å². The summed E-state index contributed by atoms with van der Waals surface area (Å²) in [5.74, 6) is 1.89. The van der Waals surface area contributed by atoms with Crippen LogP contribution in [0.1, 0.15) is 37.0 Å². The molecular weight excluding hydrogens is 178 g/mol. The number of aryl methyl sites for hydroxylation is 2. The van der Waals surface area contributed by atoms with Crippen LogP contribution in [-0.4, -0.2) is 17.8 Å². The van der Waals surface area contributed by atoms with E-state index in [9.17, 15) is 0 Å². The average molecular weight is 197 g/mol. The maximum Gasteiger partial charge on any atom is 0.105 e. The molecule has 2 N–H and O–H groups in total. The first-order valence-corrected chi connectivity index (χ1v) is 4.99. The number of furan rings is 1. The fourth-order valence-electron chi connectivity index (χ4n) is 1.54. The molecule has 14 heavy (non-hydrogen) atoms. The highest BCUT2D eigenvalue weighted by Crippen LogP contribution is 2.20. The van der Waals surface area contributed by atoms with Gasteiger partial charge in [-0.05, 0) is 33.8 Å². The topological polar surface area (TPSA) is 45.4 Å². The Morgan fingerprint density at radius 1 is 1.43 bits per heavy atom. The van der Waals surface area contributed by atoms with Crippen LogP contribution in [0.2, 0.25) is 0 Å².